The molecule has 0 saturated heterocycles. The average Bonchev–Trinajstić information content (AvgIpc) is 2.69. The molecule has 1 aromatic carbocycles. The molecule has 1 atom stereocenters. The second kappa shape index (κ2) is 7.51. The monoisotopic (exact) mass is 376 g/mol. The van der Waals surface area contributed by atoms with Crippen molar-refractivity contribution in [1.82, 2.24) is 14.5 Å². The van der Waals surface area contributed by atoms with Gasteiger partial charge in [-0.3, -0.25) is 19.7 Å². The summed E-state index contributed by atoms with van der Waals surface area (Å²) >= 11 is 0. The van der Waals surface area contributed by atoms with E-state index < -0.39 is 6.17 Å². The minimum Gasteiger partial charge on any atom is -0.494 e. The van der Waals surface area contributed by atoms with Crippen LogP contribution in [0, 0.1) is 6.92 Å². The Morgan fingerprint density at radius 2 is 1.93 bits per heavy atom. The van der Waals surface area contributed by atoms with Crippen LogP contribution in [0.15, 0.2) is 64.6 Å². The minimum absolute atomic E-state index is 0.166. The molecule has 3 heterocycles. The molecule has 28 heavy (non-hydrogen) atoms. The van der Waals surface area contributed by atoms with Gasteiger partial charge in [0.05, 0.1) is 6.61 Å². The average molecular weight is 376 g/mol. The van der Waals surface area contributed by atoms with Crippen molar-refractivity contribution < 1.29 is 4.74 Å². The summed E-state index contributed by atoms with van der Waals surface area (Å²) in [5.74, 6) is 1.74. The zero-order valence-corrected chi connectivity index (χ0v) is 15.6. The highest BCUT2D eigenvalue weighted by molar-refractivity contribution is 6.03. The second-order valence-electron chi connectivity index (χ2n) is 6.27. The van der Waals surface area contributed by atoms with Gasteiger partial charge in [-0.15, -0.1) is 0 Å². The fourth-order valence-corrected chi connectivity index (χ4v) is 3.01. The maximum absolute atomic E-state index is 12.6. The Balaban J connectivity index is 1.70. The molecule has 8 heteroatoms. The molecule has 1 aliphatic heterocycles. The van der Waals surface area contributed by atoms with Crippen molar-refractivity contribution in [1.29, 1.82) is 0 Å². The molecule has 0 spiro atoms. The Hall–Kier alpha value is -3.68. The molecule has 8 nitrogen and oxygen atoms in total. The molecule has 0 bridgehead atoms. The number of benzene rings is 1. The molecule has 0 unspecified atom stereocenters. The highest BCUT2D eigenvalue weighted by atomic mass is 16.5. The predicted octanol–water partition coefficient (Wildman–Crippen LogP) is 2.79. The van der Waals surface area contributed by atoms with E-state index in [1.165, 1.54) is 10.6 Å². The first kappa shape index (κ1) is 17.7. The van der Waals surface area contributed by atoms with Gasteiger partial charge in [0.15, 0.2) is 6.17 Å². The number of pyridine rings is 1. The lowest BCUT2D eigenvalue weighted by molar-refractivity contribution is 0.340. The third-order valence-corrected chi connectivity index (χ3v) is 4.24. The van der Waals surface area contributed by atoms with Gasteiger partial charge in [0.1, 0.15) is 5.75 Å². The molecular formula is C20H20N6O2. The van der Waals surface area contributed by atoms with E-state index in [0.29, 0.717) is 24.2 Å². The molecule has 0 aliphatic carbocycles. The first-order chi connectivity index (χ1) is 13.6. The van der Waals surface area contributed by atoms with Crippen molar-refractivity contribution in [2.45, 2.75) is 20.0 Å². The lowest BCUT2D eigenvalue weighted by atomic mass is 10.2. The molecule has 0 radical (unpaired) electrons. The van der Waals surface area contributed by atoms with Gasteiger partial charge in [-0.1, -0.05) is 0 Å². The summed E-state index contributed by atoms with van der Waals surface area (Å²) in [5.41, 5.74) is 2.16. The Kier molecular flexibility index (Phi) is 4.76. The Morgan fingerprint density at radius 1 is 1.18 bits per heavy atom. The molecule has 0 amide bonds. The van der Waals surface area contributed by atoms with Gasteiger partial charge in [-0.25, -0.2) is 9.98 Å². The van der Waals surface area contributed by atoms with Crippen LogP contribution in [-0.4, -0.2) is 27.1 Å². The lowest BCUT2D eigenvalue weighted by Crippen LogP contribution is -2.37. The normalized spacial score (nSPS) is 15.2. The van der Waals surface area contributed by atoms with Gasteiger partial charge in [0.2, 0.25) is 11.9 Å². The van der Waals surface area contributed by atoms with Crippen LogP contribution in [-0.2, 0) is 0 Å². The zero-order valence-electron chi connectivity index (χ0n) is 15.6. The largest absolute Gasteiger partial charge is 0.494 e. The van der Waals surface area contributed by atoms with Gasteiger partial charge >= 0.3 is 0 Å². The van der Waals surface area contributed by atoms with E-state index >= 15 is 0 Å². The number of aryl methyl sites for hydroxylation is 1. The molecule has 4 rings (SSSR count). The third kappa shape index (κ3) is 3.57. The van der Waals surface area contributed by atoms with Crippen LogP contribution in [0.25, 0.3) is 0 Å². The van der Waals surface area contributed by atoms with Crippen molar-refractivity contribution in [3.05, 3.63) is 76.5 Å². The summed E-state index contributed by atoms with van der Waals surface area (Å²) < 4.78 is 7.00. The minimum atomic E-state index is -0.537. The Bertz CT molecular complexity index is 1060. The van der Waals surface area contributed by atoms with Gasteiger partial charge in [0, 0.05) is 35.4 Å². The number of ether oxygens (including phenoxy) is 1. The second-order valence-corrected chi connectivity index (χ2v) is 6.27. The summed E-state index contributed by atoms with van der Waals surface area (Å²) in [6.07, 6.45) is 2.82. The topological polar surface area (TPSA) is 93.4 Å². The molecule has 0 fully saturated rings. The number of aromatic nitrogens is 3. The number of nitrogens with zero attached hydrogens (tertiary/aromatic N) is 4. The number of nitrogens with one attached hydrogen (secondary N) is 2. The standard InChI is InChI=1S/C20H20N6O2/c1-3-28-16-6-4-15(5-7-16)23-19-24-18(14-8-10-21-11-9-14)26-17(27)12-13(2)22-20(26)25-19/h4-12,18H,3H2,1-2H3,(H2,22,23,24,25)/t18-/m1/s1. The van der Waals surface area contributed by atoms with Gasteiger partial charge < -0.3 is 10.1 Å². The van der Waals surface area contributed by atoms with Crippen LogP contribution in [0.2, 0.25) is 0 Å². The highest BCUT2D eigenvalue weighted by Gasteiger charge is 2.25. The fraction of sp³-hybridized carbons (Fsp3) is 0.200. The Morgan fingerprint density at radius 3 is 2.64 bits per heavy atom. The maximum Gasteiger partial charge on any atom is 0.257 e. The summed E-state index contributed by atoms with van der Waals surface area (Å²) in [6.45, 7) is 4.35. The van der Waals surface area contributed by atoms with E-state index in [2.05, 4.69) is 20.6 Å². The lowest BCUT2D eigenvalue weighted by Gasteiger charge is -2.27. The number of hydrogen-bond donors (Lipinski definition) is 2. The Labute approximate surface area is 162 Å². The van der Waals surface area contributed by atoms with E-state index in [4.69, 9.17) is 9.73 Å². The van der Waals surface area contributed by atoms with E-state index in [9.17, 15) is 4.79 Å². The van der Waals surface area contributed by atoms with E-state index in [0.717, 1.165) is 17.0 Å². The molecule has 142 valence electrons. The van der Waals surface area contributed by atoms with Crippen molar-refractivity contribution in [3.8, 4) is 5.75 Å². The predicted molar refractivity (Wildman–Crippen MR) is 108 cm³/mol. The number of aliphatic imine (C=N–C) groups is 1. The number of rotatable bonds is 4. The summed E-state index contributed by atoms with van der Waals surface area (Å²) in [4.78, 5) is 25.8. The van der Waals surface area contributed by atoms with Crippen molar-refractivity contribution >= 4 is 17.6 Å². The van der Waals surface area contributed by atoms with E-state index in [1.54, 1.807) is 19.3 Å². The quantitative estimate of drug-likeness (QED) is 0.727. The van der Waals surface area contributed by atoms with Gasteiger partial charge in [0.25, 0.3) is 5.56 Å². The summed E-state index contributed by atoms with van der Waals surface area (Å²) in [5, 5.41) is 6.35. The van der Waals surface area contributed by atoms with E-state index in [1.807, 2.05) is 43.3 Å². The molecule has 0 saturated carbocycles. The number of guanidine groups is 1. The number of anilines is 2. The number of hydrogen-bond acceptors (Lipinski definition) is 7. The van der Waals surface area contributed by atoms with Crippen LogP contribution >= 0.6 is 0 Å². The summed E-state index contributed by atoms with van der Waals surface area (Å²) in [7, 11) is 0. The SMILES string of the molecule is CCOc1ccc(NC2=N[C@@H](c3ccncc3)n3c(nc(C)cc3=O)N2)cc1. The molecule has 1 aliphatic rings. The maximum atomic E-state index is 12.6. The fourth-order valence-electron chi connectivity index (χ4n) is 3.01. The van der Waals surface area contributed by atoms with Gasteiger partial charge in [-0.2, -0.15) is 0 Å². The third-order valence-electron chi connectivity index (χ3n) is 4.24. The first-order valence-corrected chi connectivity index (χ1v) is 8.99. The van der Waals surface area contributed by atoms with E-state index in [-0.39, 0.29) is 5.56 Å². The number of fused-ring (bicyclic) bond motifs is 1. The van der Waals surface area contributed by atoms with Crippen LogP contribution in [0.4, 0.5) is 11.6 Å². The van der Waals surface area contributed by atoms with Crippen LogP contribution in [0.5, 0.6) is 5.75 Å². The van der Waals surface area contributed by atoms with Gasteiger partial charge in [-0.05, 0) is 50.2 Å². The molecule has 2 N–H and O–H groups in total. The smallest absolute Gasteiger partial charge is 0.257 e. The molecule has 2 aromatic heterocycles. The van der Waals surface area contributed by atoms with Crippen LogP contribution < -0.4 is 20.9 Å². The van der Waals surface area contributed by atoms with Crippen molar-refractivity contribution in [2.24, 2.45) is 4.99 Å². The van der Waals surface area contributed by atoms with Crippen LogP contribution in [0.1, 0.15) is 24.3 Å². The van der Waals surface area contributed by atoms with Crippen LogP contribution in [0.3, 0.4) is 0 Å². The molecular weight excluding hydrogens is 356 g/mol. The summed E-state index contributed by atoms with van der Waals surface area (Å²) in [6, 6.07) is 12.8. The zero-order chi connectivity index (χ0) is 19.5. The first-order valence-electron chi connectivity index (χ1n) is 8.99. The van der Waals surface area contributed by atoms with Crippen molar-refractivity contribution in [3.63, 3.8) is 0 Å². The highest BCUT2D eigenvalue weighted by Crippen LogP contribution is 2.25. The van der Waals surface area contributed by atoms with Crippen molar-refractivity contribution in [2.75, 3.05) is 17.2 Å². The molecule has 3 aromatic rings.